The number of halogens is 2. The van der Waals surface area contributed by atoms with Gasteiger partial charge in [0.05, 0.1) is 15.5 Å². The van der Waals surface area contributed by atoms with Crippen LogP contribution < -0.4 is 5.32 Å². The molecule has 4 rings (SSSR count). The average molecular weight is 459 g/mol. The summed E-state index contributed by atoms with van der Waals surface area (Å²) < 4.78 is 32.3. The predicted molar refractivity (Wildman–Crippen MR) is 118 cm³/mol. The molecule has 0 spiro atoms. The van der Waals surface area contributed by atoms with Crippen LogP contribution in [-0.4, -0.2) is 13.4 Å². The minimum absolute atomic E-state index is 0.0451. The summed E-state index contributed by atoms with van der Waals surface area (Å²) in [4.78, 5) is 4.42. The van der Waals surface area contributed by atoms with E-state index in [0.717, 1.165) is 5.56 Å². The third kappa shape index (κ3) is 4.21. The number of hydrogen-bond donors (Lipinski definition) is 1. The highest BCUT2D eigenvalue weighted by molar-refractivity contribution is 7.91. The first-order valence-electron chi connectivity index (χ1n) is 8.99. The van der Waals surface area contributed by atoms with Gasteiger partial charge in [-0.05, 0) is 42.0 Å². The van der Waals surface area contributed by atoms with Crippen molar-refractivity contribution in [3.05, 3.63) is 94.5 Å². The predicted octanol–water partition coefficient (Wildman–Crippen LogP) is 6.09. The fraction of sp³-hybridized carbons (Fsp3) is 0.0455. The summed E-state index contributed by atoms with van der Waals surface area (Å²) in [5, 5.41) is 3.87. The molecule has 5 nitrogen and oxygen atoms in total. The molecule has 0 aliphatic heterocycles. The van der Waals surface area contributed by atoms with Gasteiger partial charge in [-0.3, -0.25) is 0 Å². The first-order valence-corrected chi connectivity index (χ1v) is 11.2. The van der Waals surface area contributed by atoms with Gasteiger partial charge < -0.3 is 9.73 Å². The number of aromatic nitrogens is 1. The smallest absolute Gasteiger partial charge is 0.234 e. The number of sulfone groups is 1. The van der Waals surface area contributed by atoms with E-state index < -0.39 is 9.84 Å². The molecule has 0 unspecified atom stereocenters. The summed E-state index contributed by atoms with van der Waals surface area (Å²) in [6, 6.07) is 22.2. The molecular weight excluding hydrogens is 443 g/mol. The molecule has 0 aliphatic rings. The second kappa shape index (κ2) is 8.52. The van der Waals surface area contributed by atoms with Crippen LogP contribution >= 0.6 is 23.2 Å². The molecular formula is C22H16Cl2N2O3S. The van der Waals surface area contributed by atoms with E-state index in [2.05, 4.69) is 10.3 Å². The minimum atomic E-state index is -3.91. The zero-order valence-corrected chi connectivity index (χ0v) is 17.9. The molecule has 0 amide bonds. The summed E-state index contributed by atoms with van der Waals surface area (Å²) in [5.74, 6) is 0.164. The van der Waals surface area contributed by atoms with Gasteiger partial charge in [-0.15, -0.1) is 0 Å². The number of nitrogens with zero attached hydrogens (tertiary/aromatic N) is 1. The second-order valence-electron chi connectivity index (χ2n) is 6.43. The topological polar surface area (TPSA) is 72.2 Å². The molecule has 4 aromatic rings. The lowest BCUT2D eigenvalue weighted by Gasteiger charge is -2.06. The molecule has 1 N–H and O–H groups in total. The Kier molecular flexibility index (Phi) is 5.81. The Labute approximate surface area is 184 Å². The van der Waals surface area contributed by atoms with Crippen molar-refractivity contribution in [3.63, 3.8) is 0 Å². The van der Waals surface area contributed by atoms with E-state index in [1.54, 1.807) is 54.6 Å². The van der Waals surface area contributed by atoms with Gasteiger partial charge in [0.25, 0.3) is 0 Å². The van der Waals surface area contributed by atoms with Gasteiger partial charge in [0.1, 0.15) is 0 Å². The van der Waals surface area contributed by atoms with Gasteiger partial charge in [-0.25, -0.2) is 8.42 Å². The number of benzene rings is 3. The molecule has 1 heterocycles. The zero-order valence-electron chi connectivity index (χ0n) is 15.5. The van der Waals surface area contributed by atoms with Crippen molar-refractivity contribution >= 4 is 38.9 Å². The Balaban J connectivity index is 1.77. The van der Waals surface area contributed by atoms with Gasteiger partial charge in [-0.1, -0.05) is 65.7 Å². The Morgan fingerprint density at radius 1 is 0.867 bits per heavy atom. The van der Waals surface area contributed by atoms with E-state index in [-0.39, 0.29) is 21.7 Å². The average Bonchev–Trinajstić information content (AvgIpc) is 3.19. The van der Waals surface area contributed by atoms with E-state index in [1.165, 1.54) is 12.1 Å². The van der Waals surface area contributed by atoms with Crippen LogP contribution in [0.5, 0.6) is 0 Å². The van der Waals surface area contributed by atoms with Crippen molar-refractivity contribution in [2.75, 3.05) is 5.32 Å². The van der Waals surface area contributed by atoms with Crippen LogP contribution in [0.3, 0.4) is 0 Å². The largest absolute Gasteiger partial charge is 0.419 e. The molecule has 0 aliphatic carbocycles. The van der Waals surface area contributed by atoms with Crippen LogP contribution in [-0.2, 0) is 16.4 Å². The van der Waals surface area contributed by atoms with Crippen LogP contribution in [0.4, 0.5) is 5.88 Å². The first kappa shape index (κ1) is 20.5. The van der Waals surface area contributed by atoms with E-state index in [9.17, 15) is 8.42 Å². The van der Waals surface area contributed by atoms with Crippen LogP contribution in [0.15, 0.2) is 93.2 Å². The van der Waals surface area contributed by atoms with E-state index in [4.69, 9.17) is 27.6 Å². The molecule has 0 atom stereocenters. The van der Waals surface area contributed by atoms with Gasteiger partial charge in [0.2, 0.25) is 26.6 Å². The van der Waals surface area contributed by atoms with Crippen molar-refractivity contribution < 1.29 is 12.8 Å². The molecule has 0 saturated heterocycles. The van der Waals surface area contributed by atoms with Crippen LogP contribution in [0, 0.1) is 0 Å². The van der Waals surface area contributed by atoms with Crippen LogP contribution in [0.2, 0.25) is 10.0 Å². The Morgan fingerprint density at radius 3 is 2.23 bits per heavy atom. The van der Waals surface area contributed by atoms with E-state index >= 15 is 0 Å². The summed E-state index contributed by atoms with van der Waals surface area (Å²) in [6.45, 7) is 0.325. The van der Waals surface area contributed by atoms with Crippen molar-refractivity contribution in [3.8, 4) is 11.5 Å². The number of nitrogens with one attached hydrogen (secondary N) is 1. The Morgan fingerprint density at radius 2 is 1.53 bits per heavy atom. The van der Waals surface area contributed by atoms with Crippen LogP contribution in [0.1, 0.15) is 5.56 Å². The molecule has 0 fully saturated rings. The monoisotopic (exact) mass is 458 g/mol. The zero-order chi connectivity index (χ0) is 21.1. The van der Waals surface area contributed by atoms with Crippen molar-refractivity contribution in [2.45, 2.75) is 16.5 Å². The molecule has 8 heteroatoms. The molecule has 0 radical (unpaired) electrons. The summed E-state index contributed by atoms with van der Waals surface area (Å²) in [5.41, 5.74) is 1.40. The van der Waals surface area contributed by atoms with E-state index in [1.807, 2.05) is 12.1 Å². The van der Waals surface area contributed by atoms with Gasteiger partial charge in [0, 0.05) is 11.6 Å². The number of rotatable bonds is 6. The lowest BCUT2D eigenvalue weighted by atomic mass is 10.2. The van der Waals surface area contributed by atoms with Crippen LogP contribution in [0.25, 0.3) is 11.5 Å². The van der Waals surface area contributed by atoms with Crippen molar-refractivity contribution in [1.82, 2.24) is 4.98 Å². The van der Waals surface area contributed by atoms with Crippen molar-refractivity contribution in [2.24, 2.45) is 0 Å². The normalized spacial score (nSPS) is 11.4. The quantitative estimate of drug-likeness (QED) is 0.378. The van der Waals surface area contributed by atoms with Gasteiger partial charge in [0.15, 0.2) is 0 Å². The van der Waals surface area contributed by atoms with E-state index in [0.29, 0.717) is 22.2 Å². The molecule has 152 valence electrons. The maximum absolute atomic E-state index is 13.2. The fourth-order valence-corrected chi connectivity index (χ4v) is 4.49. The van der Waals surface area contributed by atoms with Gasteiger partial charge >= 0.3 is 0 Å². The summed E-state index contributed by atoms with van der Waals surface area (Å²) in [7, 11) is -3.91. The lowest BCUT2D eigenvalue weighted by molar-refractivity contribution is 0.577. The second-order valence-corrected chi connectivity index (χ2v) is 9.14. The molecule has 3 aromatic carbocycles. The Hall–Kier alpha value is -2.80. The maximum atomic E-state index is 13.2. The van der Waals surface area contributed by atoms with Crippen molar-refractivity contribution in [1.29, 1.82) is 0 Å². The summed E-state index contributed by atoms with van der Waals surface area (Å²) >= 11 is 12.2. The molecule has 1 aromatic heterocycles. The highest BCUT2D eigenvalue weighted by Gasteiger charge is 2.28. The molecule has 30 heavy (non-hydrogen) atoms. The third-order valence-electron chi connectivity index (χ3n) is 4.37. The number of hydrogen-bond acceptors (Lipinski definition) is 5. The Bertz CT molecular complexity index is 1270. The highest BCUT2D eigenvalue weighted by atomic mass is 35.5. The number of anilines is 1. The minimum Gasteiger partial charge on any atom is -0.419 e. The SMILES string of the molecule is O=S(=O)(c1ccccc1)c1nc(-c2ccccc2Cl)oc1NCc1ccc(Cl)cc1. The fourth-order valence-electron chi connectivity index (χ4n) is 2.85. The number of oxazole rings is 1. The van der Waals surface area contributed by atoms with Gasteiger partial charge in [-0.2, -0.15) is 4.98 Å². The standard InChI is InChI=1S/C22H16Cl2N2O3S/c23-16-12-10-15(11-13-16)14-25-21-22(30(27,28)17-6-2-1-3-7-17)26-20(29-21)18-8-4-5-9-19(18)24/h1-13,25H,14H2. The molecule has 0 bridgehead atoms. The summed E-state index contributed by atoms with van der Waals surface area (Å²) in [6.07, 6.45) is 0. The lowest BCUT2D eigenvalue weighted by Crippen LogP contribution is -2.07. The molecule has 0 saturated carbocycles. The highest BCUT2D eigenvalue weighted by Crippen LogP contribution is 2.35. The third-order valence-corrected chi connectivity index (χ3v) is 6.63. The first-order chi connectivity index (χ1) is 14.4. The maximum Gasteiger partial charge on any atom is 0.234 e.